The molecule has 0 amide bonds. The van der Waals surface area contributed by atoms with Gasteiger partial charge in [-0.1, -0.05) is 6.92 Å². The van der Waals surface area contributed by atoms with E-state index in [1.807, 2.05) is 6.92 Å². The maximum absolute atomic E-state index is 12.0. The number of piperidine rings is 1. The zero-order valence-corrected chi connectivity index (χ0v) is 13.6. The summed E-state index contributed by atoms with van der Waals surface area (Å²) in [5, 5.41) is 3.33. The van der Waals surface area contributed by atoms with Crippen LogP contribution in [0.2, 0.25) is 0 Å². The minimum Gasteiger partial charge on any atom is -0.381 e. The number of ether oxygens (including phenoxy) is 1. The molecule has 7 heteroatoms. The Morgan fingerprint density at radius 2 is 1.89 bits per heavy atom. The highest BCUT2D eigenvalue weighted by Crippen LogP contribution is 2.19. The maximum atomic E-state index is 12.0. The third-order valence-electron chi connectivity index (χ3n) is 3.34. The van der Waals surface area contributed by atoms with E-state index in [2.05, 4.69) is 12.2 Å². The molecule has 116 valence electrons. The predicted octanol–water partition coefficient (Wildman–Crippen LogP) is 1.10. The van der Waals surface area contributed by atoms with Crippen molar-refractivity contribution >= 4 is 22.4 Å². The highest BCUT2D eigenvalue weighted by Gasteiger charge is 2.27. The highest BCUT2D eigenvalue weighted by atomic mass is 35.5. The molecule has 0 aliphatic carbocycles. The van der Waals surface area contributed by atoms with Gasteiger partial charge in [-0.25, -0.2) is 12.7 Å². The summed E-state index contributed by atoms with van der Waals surface area (Å²) in [7, 11) is -3.11. The Bertz CT molecular complexity index is 317. The Balaban J connectivity index is 0.00000324. The van der Waals surface area contributed by atoms with Gasteiger partial charge in [-0.05, 0) is 38.8 Å². The molecule has 1 rings (SSSR count). The summed E-state index contributed by atoms with van der Waals surface area (Å²) in [5.74, 6) is 0.724. The SMILES string of the molecule is CCNCC1CCN(S(=O)(=O)CCOCC)CC1.Cl. The van der Waals surface area contributed by atoms with E-state index in [1.54, 1.807) is 4.31 Å². The predicted molar refractivity (Wildman–Crippen MR) is 80.4 cm³/mol. The van der Waals surface area contributed by atoms with Crippen LogP contribution >= 0.6 is 12.4 Å². The van der Waals surface area contributed by atoms with Gasteiger partial charge < -0.3 is 10.1 Å². The number of hydrogen-bond donors (Lipinski definition) is 1. The highest BCUT2D eigenvalue weighted by molar-refractivity contribution is 7.89. The molecule has 1 aliphatic rings. The van der Waals surface area contributed by atoms with Gasteiger partial charge in [-0.15, -0.1) is 12.4 Å². The van der Waals surface area contributed by atoms with E-state index >= 15 is 0 Å². The van der Waals surface area contributed by atoms with Crippen molar-refractivity contribution in [3.05, 3.63) is 0 Å². The zero-order chi connectivity index (χ0) is 13.4. The zero-order valence-electron chi connectivity index (χ0n) is 11.9. The summed E-state index contributed by atoms with van der Waals surface area (Å²) in [6.07, 6.45) is 1.92. The van der Waals surface area contributed by atoms with Gasteiger partial charge in [0.25, 0.3) is 0 Å². The van der Waals surface area contributed by atoms with Crippen LogP contribution in [0.1, 0.15) is 26.7 Å². The van der Waals surface area contributed by atoms with E-state index in [-0.39, 0.29) is 18.2 Å². The molecule has 1 N–H and O–H groups in total. The number of halogens is 1. The molecule has 1 saturated heterocycles. The van der Waals surface area contributed by atoms with Crippen LogP contribution in [0.4, 0.5) is 0 Å². The van der Waals surface area contributed by atoms with Crippen molar-refractivity contribution in [3.8, 4) is 0 Å². The Morgan fingerprint density at radius 1 is 1.26 bits per heavy atom. The molecule has 0 spiro atoms. The number of rotatable bonds is 8. The molecule has 0 radical (unpaired) electrons. The van der Waals surface area contributed by atoms with Crippen LogP contribution in [0.15, 0.2) is 0 Å². The molecule has 1 aliphatic heterocycles. The van der Waals surface area contributed by atoms with Crippen molar-refractivity contribution in [1.82, 2.24) is 9.62 Å². The second kappa shape index (κ2) is 9.94. The molecule has 0 saturated carbocycles. The van der Waals surface area contributed by atoms with Crippen LogP contribution in [-0.2, 0) is 14.8 Å². The summed E-state index contributed by atoms with van der Waals surface area (Å²) in [4.78, 5) is 0. The van der Waals surface area contributed by atoms with Crippen molar-refractivity contribution in [2.45, 2.75) is 26.7 Å². The Morgan fingerprint density at radius 3 is 2.42 bits per heavy atom. The van der Waals surface area contributed by atoms with E-state index in [0.29, 0.717) is 32.2 Å². The van der Waals surface area contributed by atoms with Gasteiger partial charge in [-0.2, -0.15) is 0 Å². The van der Waals surface area contributed by atoms with Crippen molar-refractivity contribution in [3.63, 3.8) is 0 Å². The minimum absolute atomic E-state index is 0. The Kier molecular flexibility index (Phi) is 10.00. The van der Waals surface area contributed by atoms with E-state index in [4.69, 9.17) is 4.74 Å². The van der Waals surface area contributed by atoms with E-state index in [1.165, 1.54) is 0 Å². The lowest BCUT2D eigenvalue weighted by molar-refractivity contribution is 0.161. The van der Waals surface area contributed by atoms with E-state index in [9.17, 15) is 8.42 Å². The summed E-state index contributed by atoms with van der Waals surface area (Å²) < 4.78 is 30.8. The first-order valence-corrected chi connectivity index (χ1v) is 8.47. The third-order valence-corrected chi connectivity index (χ3v) is 5.17. The number of hydrogen-bond acceptors (Lipinski definition) is 4. The summed E-state index contributed by atoms with van der Waals surface area (Å²) in [6, 6.07) is 0. The van der Waals surface area contributed by atoms with Gasteiger partial charge in [-0.3, -0.25) is 0 Å². The first-order chi connectivity index (χ1) is 8.60. The van der Waals surface area contributed by atoms with Crippen LogP contribution < -0.4 is 5.32 Å². The molecule has 0 atom stereocenters. The van der Waals surface area contributed by atoms with Crippen LogP contribution in [0.25, 0.3) is 0 Å². The van der Waals surface area contributed by atoms with E-state index in [0.717, 1.165) is 25.9 Å². The second-order valence-corrected chi connectivity index (χ2v) is 6.75. The van der Waals surface area contributed by atoms with Gasteiger partial charge in [0.1, 0.15) is 0 Å². The molecule has 1 fully saturated rings. The van der Waals surface area contributed by atoms with Gasteiger partial charge in [0.2, 0.25) is 10.0 Å². The molecule has 0 aromatic carbocycles. The molecule has 0 bridgehead atoms. The maximum Gasteiger partial charge on any atom is 0.216 e. The smallest absolute Gasteiger partial charge is 0.216 e. The standard InChI is InChI=1S/C12H26N2O3S.ClH/c1-3-13-11-12-5-7-14(8-6-12)18(15,16)10-9-17-4-2;/h12-13H,3-11H2,1-2H3;1H. The fourth-order valence-electron chi connectivity index (χ4n) is 2.18. The number of nitrogens with one attached hydrogen (secondary N) is 1. The second-order valence-electron chi connectivity index (χ2n) is 4.66. The van der Waals surface area contributed by atoms with Gasteiger partial charge in [0.05, 0.1) is 12.4 Å². The largest absolute Gasteiger partial charge is 0.381 e. The summed E-state index contributed by atoms with van der Waals surface area (Å²) in [5.41, 5.74) is 0. The topological polar surface area (TPSA) is 58.6 Å². The lowest BCUT2D eigenvalue weighted by Crippen LogP contribution is -2.42. The number of sulfonamides is 1. The molecule has 0 aromatic rings. The van der Waals surface area contributed by atoms with Crippen molar-refractivity contribution < 1.29 is 13.2 Å². The van der Waals surface area contributed by atoms with Crippen LogP contribution in [0.5, 0.6) is 0 Å². The lowest BCUT2D eigenvalue weighted by atomic mass is 9.98. The Hall–Kier alpha value is 0.120. The molecule has 5 nitrogen and oxygen atoms in total. The normalized spacial score (nSPS) is 18.2. The molecular weight excluding hydrogens is 288 g/mol. The fraction of sp³-hybridized carbons (Fsp3) is 1.00. The van der Waals surface area contributed by atoms with Gasteiger partial charge >= 0.3 is 0 Å². The first kappa shape index (κ1) is 19.1. The number of nitrogens with zero attached hydrogens (tertiary/aromatic N) is 1. The average Bonchev–Trinajstić information content (AvgIpc) is 2.37. The Labute approximate surface area is 123 Å². The van der Waals surface area contributed by atoms with Crippen molar-refractivity contribution in [2.75, 3.05) is 45.1 Å². The molecule has 0 aromatic heterocycles. The van der Waals surface area contributed by atoms with Crippen molar-refractivity contribution in [1.29, 1.82) is 0 Å². The van der Waals surface area contributed by atoms with Crippen LogP contribution in [-0.4, -0.2) is 57.9 Å². The van der Waals surface area contributed by atoms with E-state index < -0.39 is 10.0 Å². The monoisotopic (exact) mass is 314 g/mol. The molecular formula is C12H27ClN2O3S. The van der Waals surface area contributed by atoms with Gasteiger partial charge in [0.15, 0.2) is 0 Å². The van der Waals surface area contributed by atoms with Gasteiger partial charge in [0, 0.05) is 19.7 Å². The van der Waals surface area contributed by atoms with Crippen molar-refractivity contribution in [2.24, 2.45) is 5.92 Å². The average molecular weight is 315 g/mol. The fourth-order valence-corrected chi connectivity index (χ4v) is 3.53. The van der Waals surface area contributed by atoms with Crippen LogP contribution in [0.3, 0.4) is 0 Å². The molecule has 0 unspecified atom stereocenters. The third kappa shape index (κ3) is 6.90. The molecule has 19 heavy (non-hydrogen) atoms. The summed E-state index contributed by atoms with van der Waals surface area (Å²) >= 11 is 0. The summed E-state index contributed by atoms with van der Waals surface area (Å²) in [6.45, 7) is 8.13. The van der Waals surface area contributed by atoms with Crippen LogP contribution in [0, 0.1) is 5.92 Å². The molecule has 1 heterocycles. The quantitative estimate of drug-likeness (QED) is 0.682. The lowest BCUT2D eigenvalue weighted by Gasteiger charge is -2.31. The first-order valence-electron chi connectivity index (χ1n) is 6.86. The minimum atomic E-state index is -3.11.